The van der Waals surface area contributed by atoms with Crippen molar-refractivity contribution in [2.24, 2.45) is 0 Å². The van der Waals surface area contributed by atoms with E-state index in [4.69, 9.17) is 66.4 Å². The van der Waals surface area contributed by atoms with Crippen LogP contribution in [0.15, 0.2) is 123 Å². The number of likely N-dealkylation sites (tertiary alicyclic amines) is 4. The SMILES string of the molecule is CC(C)(C)OC(=O)N1CCCC1c1ncc(Br)[nH]1.COC(=O)[C@@H]1CCCN1Cc1cc2nc(-c3cccc(-c4cccc(B5OC(C)(C)C(C)(C)O5)c4C)c3C)oc2cc1OC(F)F.Cc1c(-c2cnc(C3CCCN3C(=O)OC(C)(C)C)[nH]2)cccc1-c1cccc(-c2nc3cc(CN4CCC[C@H]4C)c(OC(F)F)cc3o2)c1C.O=C=O. The molecule has 10 aromatic rings. The number of methoxy groups -OCH3 is 1. The Morgan fingerprint density at radius 1 is 0.576 bits per heavy atom. The lowest BCUT2D eigenvalue weighted by Crippen LogP contribution is -2.41. The van der Waals surface area contributed by atoms with Crippen molar-refractivity contribution >= 4 is 75.0 Å². The molecule has 0 bridgehead atoms. The number of nitrogens with zero attached hydrogens (tertiary/aromatic N) is 8. The van der Waals surface area contributed by atoms with Crippen LogP contribution in [-0.4, -0.2) is 162 Å². The molecule has 2 N–H and O–H groups in total. The van der Waals surface area contributed by atoms with Gasteiger partial charge in [0.25, 0.3) is 0 Å². The fraction of sp³-hybridized carbons (Fsp3) is 0.455. The van der Waals surface area contributed by atoms with Crippen molar-refractivity contribution in [1.29, 1.82) is 0 Å². The van der Waals surface area contributed by atoms with E-state index in [-0.39, 0.29) is 54.4 Å². The van der Waals surface area contributed by atoms with Crippen molar-refractivity contribution in [3.05, 3.63) is 159 Å². The van der Waals surface area contributed by atoms with Crippen molar-refractivity contribution in [1.82, 2.24) is 49.5 Å². The third kappa shape index (κ3) is 19.7. The van der Waals surface area contributed by atoms with Gasteiger partial charge in [0.2, 0.25) is 11.8 Å². The van der Waals surface area contributed by atoms with Crippen LogP contribution in [-0.2, 0) is 51.0 Å². The summed E-state index contributed by atoms with van der Waals surface area (Å²) in [6, 6.07) is 30.5. The van der Waals surface area contributed by atoms with Crippen LogP contribution in [0.1, 0.15) is 185 Å². The highest BCUT2D eigenvalue weighted by atomic mass is 79.9. The molecule has 30 heteroatoms. The summed E-state index contributed by atoms with van der Waals surface area (Å²) in [6.45, 7) is 27.4. The number of oxazole rings is 2. The van der Waals surface area contributed by atoms with Crippen LogP contribution in [0.25, 0.3) is 78.6 Å². The third-order valence-corrected chi connectivity index (χ3v) is 23.0. The van der Waals surface area contributed by atoms with E-state index < -0.39 is 48.8 Å². The molecule has 118 heavy (non-hydrogen) atoms. The molecular weight excluding hydrogens is 1590 g/mol. The van der Waals surface area contributed by atoms with Crippen molar-refractivity contribution < 1.29 is 83.4 Å². The second-order valence-electron chi connectivity index (χ2n) is 33.4. The Hall–Kier alpha value is -10.2. The number of carbonyl (C=O) groups is 3. The van der Waals surface area contributed by atoms with Gasteiger partial charge in [0.05, 0.1) is 48.5 Å². The molecule has 0 spiro atoms. The van der Waals surface area contributed by atoms with Crippen LogP contribution < -0.4 is 14.9 Å². The largest absolute Gasteiger partial charge is 0.495 e. The zero-order valence-electron chi connectivity index (χ0n) is 69.5. The minimum absolute atomic E-state index is 0.00819. The van der Waals surface area contributed by atoms with E-state index in [9.17, 15) is 31.9 Å². The first kappa shape index (κ1) is 87.1. The van der Waals surface area contributed by atoms with Gasteiger partial charge in [-0.25, -0.2) is 29.5 Å². The summed E-state index contributed by atoms with van der Waals surface area (Å²) in [7, 11) is 0.856. The molecule has 5 fully saturated rings. The first-order valence-electron chi connectivity index (χ1n) is 39.8. The number of esters is 1. The van der Waals surface area contributed by atoms with E-state index in [1.807, 2.05) is 143 Å². The maximum atomic E-state index is 13.5. The number of carbonyl (C=O) groups excluding carboxylic acids is 5. The highest BCUT2D eigenvalue weighted by Crippen LogP contribution is 2.44. The van der Waals surface area contributed by atoms with Gasteiger partial charge in [-0.3, -0.25) is 24.4 Å². The number of aromatic amines is 2. The molecule has 5 aliphatic heterocycles. The minimum atomic E-state index is -3.02. The van der Waals surface area contributed by atoms with Crippen LogP contribution in [0.4, 0.5) is 27.2 Å². The number of amides is 2. The topological polar surface area (TPSA) is 272 Å². The zero-order chi connectivity index (χ0) is 85.0. The van der Waals surface area contributed by atoms with Gasteiger partial charge in [0.1, 0.15) is 56.0 Å². The van der Waals surface area contributed by atoms with Gasteiger partial charge in [0.15, 0.2) is 11.2 Å². The lowest BCUT2D eigenvalue weighted by atomic mass is 9.74. The standard InChI is InChI=1S/C40H45F2N5O4.C35H39BF2N2O6.C12H18BrN3O2.CO2/c1-23-11-9-17-46(23)22-26-19-31-35(20-34(26)50-38(41)42)49-37(45-31)30-15-8-13-28(25(30)3)27-12-7-14-29(24(27)2)32-21-43-36(44-32)33-16-10-18-47(33)39(48)51-40(4,5)6;1-20-23(24-12-9-14-26(21(24)2)36-45-34(3,4)35(5,6)46-36)11-8-13-25(20)31-39-27-17-22(29(44-33(37)38)18-30(27)43-31)19-40-16-10-15-28(40)32(41)42-7;1-12(2,3)18-11(17)16-6-4-5-8(16)10-14-7-9(13)15-10;2-1-3/h7-8,12-15,19-21,23,33,38H,9-11,16-18,22H2,1-6H3,(H,43,44);8-9,11-14,17-18,28,33H,10,15-16,19H2,1-7H3;7-8H,4-6H2,1-3H3,(H,14,15);/t23-,33?;28-;;/m10../s1. The Morgan fingerprint density at radius 2 is 0.992 bits per heavy atom. The van der Waals surface area contributed by atoms with Gasteiger partial charge >= 0.3 is 44.6 Å². The van der Waals surface area contributed by atoms with Gasteiger partial charge in [-0.05, 0) is 258 Å². The minimum Gasteiger partial charge on any atom is -0.468 e. The number of imidazole rings is 2. The van der Waals surface area contributed by atoms with Gasteiger partial charge in [-0.2, -0.15) is 27.2 Å². The van der Waals surface area contributed by atoms with E-state index in [1.165, 1.54) is 19.2 Å². The van der Waals surface area contributed by atoms with Crippen LogP contribution in [0.5, 0.6) is 11.5 Å². The van der Waals surface area contributed by atoms with E-state index >= 15 is 0 Å². The monoisotopic (exact) mass is 1690 g/mol. The number of nitrogens with one attached hydrogen (secondary N) is 2. The number of benzene rings is 6. The Morgan fingerprint density at radius 3 is 1.44 bits per heavy atom. The molecule has 0 aliphatic carbocycles. The molecule has 15 rings (SSSR count). The molecule has 24 nitrogen and oxygen atoms in total. The van der Waals surface area contributed by atoms with Gasteiger partial charge in [0, 0.05) is 72.2 Å². The molecule has 4 aromatic heterocycles. The number of hydrogen-bond donors (Lipinski definition) is 2. The Balaban J connectivity index is 0.000000175. The van der Waals surface area contributed by atoms with Gasteiger partial charge in [-0.1, -0.05) is 60.7 Å². The second-order valence-corrected chi connectivity index (χ2v) is 34.2. The zero-order valence-corrected chi connectivity index (χ0v) is 71.1. The highest BCUT2D eigenvalue weighted by molar-refractivity contribution is 9.10. The summed E-state index contributed by atoms with van der Waals surface area (Å²) < 4.78 is 106. The Labute approximate surface area is 692 Å². The van der Waals surface area contributed by atoms with Gasteiger partial charge in [-0.15, -0.1) is 0 Å². The van der Waals surface area contributed by atoms with E-state index in [0.29, 0.717) is 77.2 Å². The van der Waals surface area contributed by atoms with Crippen LogP contribution in [0.2, 0.25) is 0 Å². The summed E-state index contributed by atoms with van der Waals surface area (Å²) in [5, 5.41) is 0. The quantitative estimate of drug-likeness (QED) is 0.0371. The number of hydrogen-bond acceptors (Lipinski definition) is 20. The third-order valence-electron chi connectivity index (χ3n) is 22.6. The number of ether oxygens (including phenoxy) is 5. The summed E-state index contributed by atoms with van der Waals surface area (Å²) in [5.41, 5.74) is 13.6. The van der Waals surface area contributed by atoms with Gasteiger partial charge < -0.3 is 51.8 Å². The van der Waals surface area contributed by atoms with Crippen LogP contribution in [0, 0.1) is 27.7 Å². The molecular formula is C88H102BBrF4N10O14. The molecule has 9 heterocycles. The van der Waals surface area contributed by atoms with E-state index in [0.717, 1.165) is 147 Å². The number of H-pyrrole nitrogens is 2. The Kier molecular flexibility index (Phi) is 26.7. The number of rotatable bonds is 17. The molecule has 5 saturated heterocycles. The summed E-state index contributed by atoms with van der Waals surface area (Å²) in [4.78, 5) is 86.6. The van der Waals surface area contributed by atoms with Crippen LogP contribution >= 0.6 is 15.9 Å². The smallest absolute Gasteiger partial charge is 0.468 e. The molecule has 0 saturated carbocycles. The predicted octanol–water partition coefficient (Wildman–Crippen LogP) is 19.3. The first-order valence-corrected chi connectivity index (χ1v) is 40.6. The highest BCUT2D eigenvalue weighted by Gasteiger charge is 2.52. The molecule has 0 radical (unpaired) electrons. The Bertz CT molecular complexity index is 5300. The van der Waals surface area contributed by atoms with E-state index in [1.54, 1.807) is 22.1 Å². The normalized spacial score (nSPS) is 18.6. The fourth-order valence-corrected chi connectivity index (χ4v) is 16.3. The van der Waals surface area contributed by atoms with Crippen molar-refractivity contribution in [2.75, 3.05) is 33.3 Å². The number of fused-ring (bicyclic) bond motifs is 2. The van der Waals surface area contributed by atoms with Crippen molar-refractivity contribution in [3.63, 3.8) is 0 Å². The first-order chi connectivity index (χ1) is 55.9. The lowest BCUT2D eigenvalue weighted by molar-refractivity contribution is -0.191. The molecule has 6 aromatic carbocycles. The molecule has 626 valence electrons. The molecule has 2 amide bonds. The predicted molar refractivity (Wildman–Crippen MR) is 441 cm³/mol. The fourth-order valence-electron chi connectivity index (χ4n) is 16.0. The van der Waals surface area contributed by atoms with Crippen LogP contribution in [0.3, 0.4) is 0 Å². The second kappa shape index (κ2) is 36.2. The van der Waals surface area contributed by atoms with Crippen molar-refractivity contribution in [2.45, 2.75) is 228 Å². The lowest BCUT2D eigenvalue weighted by Gasteiger charge is -2.32. The number of halogens is 5. The number of alkyl halides is 4. The molecule has 5 aliphatic rings. The maximum absolute atomic E-state index is 13.5. The average molecular weight is 1690 g/mol. The maximum Gasteiger partial charge on any atom is 0.495 e. The average Bonchev–Trinajstić information content (AvgIpc) is 1.57. The molecule has 4 atom stereocenters. The van der Waals surface area contributed by atoms with E-state index in [2.05, 4.69) is 86.9 Å². The number of aromatic nitrogens is 6. The summed E-state index contributed by atoms with van der Waals surface area (Å²) >= 11 is 3.33. The summed E-state index contributed by atoms with van der Waals surface area (Å²) in [5.74, 6) is 2.09. The summed E-state index contributed by atoms with van der Waals surface area (Å²) in [6.07, 6.45) is 10.4. The molecule has 2 unspecified atom stereocenters. The van der Waals surface area contributed by atoms with Crippen molar-refractivity contribution in [3.8, 4) is 67.9 Å².